The topological polar surface area (TPSA) is 51.2 Å². The Morgan fingerprint density at radius 1 is 1.11 bits per heavy atom. The Balaban J connectivity index is 2.61. The second-order valence-electron chi connectivity index (χ2n) is 5.48. The van der Waals surface area contributed by atoms with Crippen LogP contribution in [0.5, 0.6) is 0 Å². The fourth-order valence-corrected chi connectivity index (χ4v) is 6.74. The van der Waals surface area contributed by atoms with E-state index >= 15 is 0 Å². The van der Waals surface area contributed by atoms with Crippen LogP contribution in [0.2, 0.25) is 3.72 Å². The molecule has 1 atom stereocenters. The zero-order valence-electron chi connectivity index (χ0n) is 10.9. The first-order valence-electron chi connectivity index (χ1n) is 6.36. The van der Waals surface area contributed by atoms with Crippen LogP contribution >= 0.6 is 0 Å². The molecular formula is C14H18O3Ti. The molecule has 0 aromatic carbocycles. The molecule has 2 rings (SSSR count). The molecule has 4 heteroatoms. The molecule has 0 fully saturated rings. The van der Waals surface area contributed by atoms with Gasteiger partial charge in [0.25, 0.3) is 0 Å². The molecule has 0 radical (unpaired) electrons. The van der Waals surface area contributed by atoms with Gasteiger partial charge in [0.2, 0.25) is 0 Å². The molecule has 0 spiro atoms. The maximum atomic E-state index is 11.4. The van der Waals surface area contributed by atoms with E-state index in [1.54, 1.807) is 0 Å². The molecule has 0 saturated carbocycles. The summed E-state index contributed by atoms with van der Waals surface area (Å²) < 4.78 is 1.49. The third kappa shape index (κ3) is 1.64. The third-order valence-corrected chi connectivity index (χ3v) is 9.89. The van der Waals surface area contributed by atoms with Gasteiger partial charge >= 0.3 is 111 Å². The van der Waals surface area contributed by atoms with Crippen molar-refractivity contribution in [2.24, 2.45) is 0 Å². The van der Waals surface area contributed by atoms with Gasteiger partial charge in [0.05, 0.1) is 0 Å². The van der Waals surface area contributed by atoms with Gasteiger partial charge in [-0.25, -0.2) is 0 Å². The van der Waals surface area contributed by atoms with Crippen molar-refractivity contribution in [3.8, 4) is 0 Å². The van der Waals surface area contributed by atoms with E-state index in [4.69, 9.17) is 0 Å². The predicted molar refractivity (Wildman–Crippen MR) is 67.9 cm³/mol. The molecule has 0 saturated heterocycles. The van der Waals surface area contributed by atoms with Gasteiger partial charge in [0.15, 0.2) is 0 Å². The van der Waals surface area contributed by atoms with Crippen LogP contribution in [0, 0.1) is 0 Å². The Bertz CT molecular complexity index is 454. The standard InChI is InChI=1S/C11H15.3CHO.Ti/c1-8-7-9(2)11-6-4-3-5-10(8)11;3*1-2;/h7H,3-6H2,1-2H3;3*1H;. The van der Waals surface area contributed by atoms with Gasteiger partial charge in [0, 0.05) is 0 Å². The van der Waals surface area contributed by atoms with Gasteiger partial charge in [0.1, 0.15) is 0 Å². The fraction of sp³-hybridized carbons (Fsp3) is 0.500. The second kappa shape index (κ2) is 4.71. The minimum absolute atomic E-state index is 0.578. The van der Waals surface area contributed by atoms with Gasteiger partial charge in [-0.3, -0.25) is 0 Å². The summed E-state index contributed by atoms with van der Waals surface area (Å²) in [6.07, 6.45) is 6.19. The maximum absolute atomic E-state index is 11.4. The van der Waals surface area contributed by atoms with Crippen LogP contribution in [0.15, 0.2) is 22.8 Å². The Labute approximate surface area is 111 Å². The number of allylic oxidation sites excluding steroid dienone is 4. The average molecular weight is 282 g/mol. The van der Waals surface area contributed by atoms with Crippen LogP contribution in [0.3, 0.4) is 0 Å². The van der Waals surface area contributed by atoms with Crippen molar-refractivity contribution in [3.05, 3.63) is 22.8 Å². The molecule has 0 aromatic heterocycles. The van der Waals surface area contributed by atoms with E-state index in [9.17, 15) is 14.4 Å². The molecule has 1 unspecified atom stereocenters. The van der Waals surface area contributed by atoms with Crippen LogP contribution in [0.25, 0.3) is 0 Å². The summed E-state index contributed by atoms with van der Waals surface area (Å²) in [5.74, 6) is 0. The third-order valence-electron chi connectivity index (χ3n) is 4.56. The molecule has 2 aliphatic carbocycles. The number of carbonyl (C=O) groups excluding carboxylic acids is 3. The predicted octanol–water partition coefficient (Wildman–Crippen LogP) is 2.72. The SMILES string of the molecule is CC1=C[C](C)([Ti]([CH]=O)([CH]=O)[CH]=O)C2=C1CCCC2. The first-order valence-corrected chi connectivity index (χ1v) is 9.84. The van der Waals surface area contributed by atoms with E-state index in [-0.39, 0.29) is 0 Å². The van der Waals surface area contributed by atoms with E-state index in [0.29, 0.717) is 13.8 Å². The number of hydrogen-bond donors (Lipinski definition) is 0. The Kier molecular flexibility index (Phi) is 3.57. The van der Waals surface area contributed by atoms with Crippen molar-refractivity contribution >= 4 is 13.8 Å². The summed E-state index contributed by atoms with van der Waals surface area (Å²) in [7, 11) is 0. The molecule has 0 aromatic rings. The normalized spacial score (nSPS) is 27.6. The molecule has 0 aliphatic heterocycles. The summed E-state index contributed by atoms with van der Waals surface area (Å²) in [6.45, 7) is 3.95. The molecular weight excluding hydrogens is 264 g/mol. The van der Waals surface area contributed by atoms with Gasteiger partial charge in [-0.2, -0.15) is 0 Å². The van der Waals surface area contributed by atoms with Gasteiger partial charge in [-0.15, -0.1) is 0 Å². The van der Waals surface area contributed by atoms with Crippen molar-refractivity contribution in [1.29, 1.82) is 0 Å². The van der Waals surface area contributed by atoms with Crippen molar-refractivity contribution in [2.45, 2.75) is 43.3 Å². The van der Waals surface area contributed by atoms with Crippen LogP contribution in [-0.2, 0) is 31.0 Å². The molecule has 0 N–H and O–H groups in total. The zero-order chi connectivity index (χ0) is 13.4. The average Bonchev–Trinajstić information content (AvgIpc) is 2.66. The van der Waals surface area contributed by atoms with E-state index in [1.165, 1.54) is 11.1 Å². The fourth-order valence-electron chi connectivity index (χ4n) is 3.36. The molecule has 2 aliphatic rings. The van der Waals surface area contributed by atoms with Crippen LogP contribution in [0.1, 0.15) is 39.5 Å². The first-order chi connectivity index (χ1) is 8.54. The van der Waals surface area contributed by atoms with Gasteiger partial charge in [-0.1, -0.05) is 0 Å². The van der Waals surface area contributed by atoms with Crippen LogP contribution < -0.4 is 0 Å². The van der Waals surface area contributed by atoms with Crippen molar-refractivity contribution in [3.63, 3.8) is 0 Å². The minimum atomic E-state index is -3.82. The summed E-state index contributed by atoms with van der Waals surface area (Å²) in [4.78, 5) is 34.3. The molecule has 0 heterocycles. The van der Waals surface area contributed by atoms with E-state index < -0.39 is 20.3 Å². The Morgan fingerprint density at radius 2 is 1.67 bits per heavy atom. The van der Waals surface area contributed by atoms with Crippen LogP contribution in [-0.4, -0.2) is 13.8 Å². The Morgan fingerprint density at radius 3 is 2.22 bits per heavy atom. The van der Waals surface area contributed by atoms with Crippen molar-refractivity contribution in [2.75, 3.05) is 0 Å². The Hall–Kier alpha value is -0.796. The van der Waals surface area contributed by atoms with E-state index in [0.717, 1.165) is 31.3 Å². The zero-order valence-corrected chi connectivity index (χ0v) is 12.4. The van der Waals surface area contributed by atoms with Gasteiger partial charge in [-0.05, 0) is 0 Å². The second-order valence-corrected chi connectivity index (χ2v) is 11.1. The first kappa shape index (κ1) is 13.6. The summed E-state index contributed by atoms with van der Waals surface area (Å²) in [6, 6.07) is 0. The van der Waals surface area contributed by atoms with E-state index in [2.05, 4.69) is 0 Å². The monoisotopic (exact) mass is 282 g/mol. The number of rotatable bonds is 4. The molecule has 96 valence electrons. The molecule has 18 heavy (non-hydrogen) atoms. The van der Waals surface area contributed by atoms with Crippen LogP contribution in [0.4, 0.5) is 0 Å². The van der Waals surface area contributed by atoms with Crippen molar-refractivity contribution < 1.29 is 31.0 Å². The summed E-state index contributed by atoms with van der Waals surface area (Å²) in [5, 5.41) is 0. The molecule has 0 bridgehead atoms. The van der Waals surface area contributed by atoms with Crippen molar-refractivity contribution in [1.82, 2.24) is 0 Å². The number of carbonyl (C=O) groups is 3. The molecule has 0 amide bonds. The summed E-state index contributed by atoms with van der Waals surface area (Å²) in [5.41, 5.74) is 3.65. The molecule has 3 nitrogen and oxygen atoms in total. The van der Waals surface area contributed by atoms with E-state index in [1.807, 2.05) is 19.9 Å². The van der Waals surface area contributed by atoms with Gasteiger partial charge < -0.3 is 0 Å². The quantitative estimate of drug-likeness (QED) is 0.588. The summed E-state index contributed by atoms with van der Waals surface area (Å²) >= 11 is -3.82. The number of hydrogen-bond acceptors (Lipinski definition) is 3.